The van der Waals surface area contributed by atoms with Gasteiger partial charge in [-0.2, -0.15) is 0 Å². The molecule has 8 heteroatoms. The number of carbonyl (C=O) groups is 1. The van der Waals surface area contributed by atoms with Crippen molar-refractivity contribution < 1.29 is 22.7 Å². The zero-order valence-electron chi connectivity index (χ0n) is 16.4. The number of sulfonamides is 1. The van der Waals surface area contributed by atoms with Crippen molar-refractivity contribution in [2.45, 2.75) is 11.4 Å². The largest absolute Gasteiger partial charge is 0.497 e. The molecule has 0 unspecified atom stereocenters. The van der Waals surface area contributed by atoms with Gasteiger partial charge in [0.05, 0.1) is 12.0 Å². The molecule has 0 radical (unpaired) electrons. The third-order valence-corrected chi connectivity index (χ3v) is 5.60. The van der Waals surface area contributed by atoms with Crippen LogP contribution in [0.3, 0.4) is 0 Å². The Morgan fingerprint density at radius 3 is 2.13 bits per heavy atom. The molecule has 0 heterocycles. The van der Waals surface area contributed by atoms with Crippen LogP contribution in [-0.2, 0) is 21.4 Å². The number of hydrogen-bond donors (Lipinski definition) is 2. The Labute approximate surface area is 175 Å². The molecular formula is C22H22N2O5S. The first kappa shape index (κ1) is 21.4. The number of methoxy groups -OCH3 is 1. The molecule has 0 atom stereocenters. The summed E-state index contributed by atoms with van der Waals surface area (Å²) in [6.07, 6.45) is 0. The van der Waals surface area contributed by atoms with Crippen molar-refractivity contribution in [3.63, 3.8) is 0 Å². The van der Waals surface area contributed by atoms with Crippen LogP contribution < -0.4 is 19.5 Å². The van der Waals surface area contributed by atoms with Gasteiger partial charge >= 0.3 is 0 Å². The minimum absolute atomic E-state index is 0.117. The number of nitrogens with one attached hydrogen (secondary N) is 2. The van der Waals surface area contributed by atoms with Crippen LogP contribution in [0.25, 0.3) is 0 Å². The number of hydrogen-bond acceptors (Lipinski definition) is 5. The quantitative estimate of drug-likeness (QED) is 0.548. The molecule has 0 bridgehead atoms. The third-order valence-electron chi connectivity index (χ3n) is 4.19. The minimum atomic E-state index is -3.65. The van der Waals surface area contributed by atoms with Gasteiger partial charge in [0.25, 0.3) is 5.91 Å². The van der Waals surface area contributed by atoms with Gasteiger partial charge in [-0.1, -0.05) is 30.3 Å². The predicted octanol–water partition coefficient (Wildman–Crippen LogP) is 3.19. The second kappa shape index (κ2) is 9.91. The zero-order chi connectivity index (χ0) is 21.4. The molecule has 3 rings (SSSR count). The number of rotatable bonds is 9. The van der Waals surface area contributed by atoms with Crippen LogP contribution >= 0.6 is 0 Å². The average molecular weight is 426 g/mol. The van der Waals surface area contributed by atoms with Gasteiger partial charge in [0.15, 0.2) is 6.61 Å². The topological polar surface area (TPSA) is 93.7 Å². The van der Waals surface area contributed by atoms with Gasteiger partial charge in [-0.25, -0.2) is 13.1 Å². The Hall–Kier alpha value is -3.36. The van der Waals surface area contributed by atoms with E-state index in [0.717, 1.165) is 5.56 Å². The maximum atomic E-state index is 12.4. The summed E-state index contributed by atoms with van der Waals surface area (Å²) in [6.45, 7) is 0.0232. The summed E-state index contributed by atoms with van der Waals surface area (Å²) in [5.74, 6) is 0.876. The van der Waals surface area contributed by atoms with E-state index in [1.807, 2.05) is 30.3 Å². The van der Waals surface area contributed by atoms with E-state index in [0.29, 0.717) is 17.2 Å². The van der Waals surface area contributed by atoms with E-state index in [1.165, 1.54) is 24.3 Å². The lowest BCUT2D eigenvalue weighted by molar-refractivity contribution is -0.118. The van der Waals surface area contributed by atoms with Gasteiger partial charge < -0.3 is 14.8 Å². The van der Waals surface area contributed by atoms with Crippen LogP contribution in [-0.4, -0.2) is 28.0 Å². The fourth-order valence-electron chi connectivity index (χ4n) is 2.59. The fourth-order valence-corrected chi connectivity index (χ4v) is 3.61. The van der Waals surface area contributed by atoms with Crippen molar-refractivity contribution in [3.05, 3.63) is 84.4 Å². The van der Waals surface area contributed by atoms with E-state index in [4.69, 9.17) is 9.47 Å². The highest BCUT2D eigenvalue weighted by atomic mass is 32.2. The summed E-state index contributed by atoms with van der Waals surface area (Å²) in [6, 6.07) is 22.1. The zero-order valence-corrected chi connectivity index (χ0v) is 17.2. The van der Waals surface area contributed by atoms with Crippen LogP contribution in [0.2, 0.25) is 0 Å². The molecule has 3 aromatic rings. The first-order valence-corrected chi connectivity index (χ1v) is 10.6. The van der Waals surface area contributed by atoms with E-state index < -0.39 is 10.0 Å². The van der Waals surface area contributed by atoms with Crippen molar-refractivity contribution in [1.82, 2.24) is 4.72 Å². The predicted molar refractivity (Wildman–Crippen MR) is 114 cm³/mol. The van der Waals surface area contributed by atoms with Gasteiger partial charge in [-0.05, 0) is 54.1 Å². The number of benzene rings is 3. The Morgan fingerprint density at radius 1 is 0.867 bits per heavy atom. The molecule has 0 saturated heterocycles. The molecule has 7 nitrogen and oxygen atoms in total. The highest BCUT2D eigenvalue weighted by molar-refractivity contribution is 7.89. The summed E-state index contributed by atoms with van der Waals surface area (Å²) in [7, 11) is -2.08. The molecule has 0 spiro atoms. The molecule has 0 aromatic heterocycles. The molecule has 30 heavy (non-hydrogen) atoms. The SMILES string of the molecule is COc1ccc(OCC(=O)Nc2ccc(S(=O)(=O)NCc3ccccc3)cc2)cc1. The molecule has 156 valence electrons. The van der Waals surface area contributed by atoms with E-state index in [1.54, 1.807) is 31.4 Å². The molecule has 0 aliphatic heterocycles. The normalized spacial score (nSPS) is 11.0. The molecule has 2 N–H and O–H groups in total. The van der Waals surface area contributed by atoms with E-state index >= 15 is 0 Å². The minimum Gasteiger partial charge on any atom is -0.497 e. The Balaban J connectivity index is 1.52. The van der Waals surface area contributed by atoms with E-state index in [9.17, 15) is 13.2 Å². The van der Waals surface area contributed by atoms with Crippen LogP contribution in [0, 0.1) is 0 Å². The summed E-state index contributed by atoms with van der Waals surface area (Å²) < 4.78 is 37.9. The summed E-state index contributed by atoms with van der Waals surface area (Å²) in [5.41, 5.74) is 1.34. The maximum Gasteiger partial charge on any atom is 0.262 e. The molecule has 0 saturated carbocycles. The lowest BCUT2D eigenvalue weighted by atomic mass is 10.2. The number of anilines is 1. The van der Waals surface area contributed by atoms with Crippen LogP contribution in [0.4, 0.5) is 5.69 Å². The van der Waals surface area contributed by atoms with Gasteiger partial charge in [0, 0.05) is 12.2 Å². The smallest absolute Gasteiger partial charge is 0.262 e. The first-order valence-electron chi connectivity index (χ1n) is 9.16. The Morgan fingerprint density at radius 2 is 1.50 bits per heavy atom. The number of carbonyl (C=O) groups excluding carboxylic acids is 1. The summed E-state index contributed by atoms with van der Waals surface area (Å²) in [5, 5.41) is 2.67. The van der Waals surface area contributed by atoms with Gasteiger partial charge in [0.2, 0.25) is 10.0 Å². The highest BCUT2D eigenvalue weighted by Crippen LogP contribution is 2.17. The number of amides is 1. The summed E-state index contributed by atoms with van der Waals surface area (Å²) >= 11 is 0. The average Bonchev–Trinajstić information content (AvgIpc) is 2.78. The van der Waals surface area contributed by atoms with E-state index in [-0.39, 0.29) is 24.0 Å². The monoisotopic (exact) mass is 426 g/mol. The second-order valence-corrected chi connectivity index (χ2v) is 8.11. The second-order valence-electron chi connectivity index (χ2n) is 6.35. The molecule has 0 fully saturated rings. The van der Waals surface area contributed by atoms with Crippen LogP contribution in [0.5, 0.6) is 11.5 Å². The number of ether oxygens (including phenoxy) is 2. The van der Waals surface area contributed by atoms with Crippen molar-refractivity contribution in [1.29, 1.82) is 0 Å². The van der Waals surface area contributed by atoms with Gasteiger partial charge in [-0.3, -0.25) is 4.79 Å². The highest BCUT2D eigenvalue weighted by Gasteiger charge is 2.14. The summed E-state index contributed by atoms with van der Waals surface area (Å²) in [4.78, 5) is 12.2. The molecular weight excluding hydrogens is 404 g/mol. The van der Waals surface area contributed by atoms with Crippen molar-refractivity contribution in [3.8, 4) is 11.5 Å². The standard InChI is InChI=1S/C22H22N2O5S/c1-28-19-9-11-20(12-10-19)29-16-22(25)24-18-7-13-21(14-8-18)30(26,27)23-15-17-5-3-2-4-6-17/h2-14,23H,15-16H2,1H3,(H,24,25). The van der Waals surface area contributed by atoms with Crippen LogP contribution in [0.15, 0.2) is 83.8 Å². The third kappa shape index (κ3) is 6.07. The molecule has 0 aliphatic carbocycles. The Kier molecular flexibility index (Phi) is 7.05. The van der Waals surface area contributed by atoms with Crippen molar-refractivity contribution in [2.75, 3.05) is 19.0 Å². The Bertz CT molecular complexity index is 1070. The van der Waals surface area contributed by atoms with Gasteiger partial charge in [-0.15, -0.1) is 0 Å². The maximum absolute atomic E-state index is 12.4. The van der Waals surface area contributed by atoms with Crippen molar-refractivity contribution in [2.24, 2.45) is 0 Å². The molecule has 0 aliphatic rings. The first-order chi connectivity index (χ1) is 14.5. The van der Waals surface area contributed by atoms with Crippen LogP contribution in [0.1, 0.15) is 5.56 Å². The van der Waals surface area contributed by atoms with Gasteiger partial charge in [0.1, 0.15) is 11.5 Å². The lowest BCUT2D eigenvalue weighted by Gasteiger charge is -2.10. The van der Waals surface area contributed by atoms with E-state index in [2.05, 4.69) is 10.0 Å². The lowest BCUT2D eigenvalue weighted by Crippen LogP contribution is -2.23. The molecule has 3 aromatic carbocycles. The van der Waals surface area contributed by atoms with Crippen molar-refractivity contribution >= 4 is 21.6 Å². The molecule has 1 amide bonds. The fraction of sp³-hybridized carbons (Fsp3) is 0.136.